The fourth-order valence-corrected chi connectivity index (χ4v) is 5.52. The first-order valence-electron chi connectivity index (χ1n) is 8.59. The van der Waals surface area contributed by atoms with Crippen molar-refractivity contribution in [1.82, 2.24) is 14.6 Å². The van der Waals surface area contributed by atoms with Gasteiger partial charge in [0.25, 0.3) is 11.8 Å². The predicted octanol–water partition coefficient (Wildman–Crippen LogP) is 2.43. The Balaban J connectivity index is 1.54. The molecule has 1 atom stereocenters. The van der Waals surface area contributed by atoms with E-state index in [0.717, 1.165) is 20.1 Å². The number of hydrogen-bond donors (Lipinski definition) is 1. The van der Waals surface area contributed by atoms with Crippen molar-refractivity contribution >= 4 is 43.4 Å². The number of carbonyl (C=O) groups excluding carboxylic acids is 2. The van der Waals surface area contributed by atoms with Gasteiger partial charge < -0.3 is 0 Å². The Morgan fingerprint density at radius 1 is 1.11 bits per heavy atom. The van der Waals surface area contributed by atoms with Gasteiger partial charge in [0.05, 0.1) is 31.2 Å². The van der Waals surface area contributed by atoms with Crippen LogP contribution in [-0.4, -0.2) is 43.2 Å². The highest BCUT2D eigenvalue weighted by molar-refractivity contribution is 7.89. The van der Waals surface area contributed by atoms with Gasteiger partial charge in [-0.1, -0.05) is 12.1 Å². The zero-order valence-electron chi connectivity index (χ0n) is 15.2. The van der Waals surface area contributed by atoms with Gasteiger partial charge in [0, 0.05) is 19.5 Å². The molecule has 144 valence electrons. The Kier molecular flexibility index (Phi) is 4.53. The number of thiazole rings is 1. The Hall–Kier alpha value is -2.62. The number of fused-ring (bicyclic) bond motifs is 2. The van der Waals surface area contributed by atoms with Crippen LogP contribution in [0.15, 0.2) is 47.4 Å². The number of aromatic nitrogens is 1. The van der Waals surface area contributed by atoms with Crippen LogP contribution < -0.4 is 4.72 Å². The molecule has 0 saturated heterocycles. The van der Waals surface area contributed by atoms with E-state index in [9.17, 15) is 18.0 Å². The normalized spacial score (nSPS) is 15.3. The minimum absolute atomic E-state index is 0.0427. The second-order valence-corrected chi connectivity index (χ2v) is 9.51. The number of carbonyl (C=O) groups is 2. The van der Waals surface area contributed by atoms with Crippen molar-refractivity contribution in [3.63, 3.8) is 0 Å². The summed E-state index contributed by atoms with van der Waals surface area (Å²) in [5.74, 6) is -0.930. The number of imide groups is 1. The van der Waals surface area contributed by atoms with E-state index < -0.39 is 21.8 Å². The molecular formula is C19H17N3O4S2. The van der Waals surface area contributed by atoms with Crippen molar-refractivity contribution < 1.29 is 18.0 Å². The summed E-state index contributed by atoms with van der Waals surface area (Å²) in [7, 11) is -2.47. The molecule has 1 unspecified atom stereocenters. The molecule has 1 N–H and O–H groups in total. The lowest BCUT2D eigenvalue weighted by Crippen LogP contribution is -2.34. The molecule has 0 saturated carbocycles. The maximum absolute atomic E-state index is 12.7. The third-order valence-corrected chi connectivity index (χ3v) is 7.19. The molecule has 28 heavy (non-hydrogen) atoms. The number of sulfonamides is 1. The average molecular weight is 415 g/mol. The summed E-state index contributed by atoms with van der Waals surface area (Å²) in [6.07, 6.45) is 0.448. The highest BCUT2D eigenvalue weighted by Gasteiger charge is 2.34. The summed E-state index contributed by atoms with van der Waals surface area (Å²) >= 11 is 1.53. The van der Waals surface area contributed by atoms with Crippen LogP contribution in [0.5, 0.6) is 0 Å². The van der Waals surface area contributed by atoms with Crippen LogP contribution in [0.3, 0.4) is 0 Å². The number of nitrogens with one attached hydrogen (secondary N) is 1. The monoisotopic (exact) mass is 415 g/mol. The third kappa shape index (κ3) is 3.21. The van der Waals surface area contributed by atoms with Crippen LogP contribution in [0.2, 0.25) is 0 Å². The van der Waals surface area contributed by atoms with Crippen molar-refractivity contribution in [2.45, 2.75) is 24.3 Å². The molecule has 3 aromatic rings. The van der Waals surface area contributed by atoms with Crippen molar-refractivity contribution in [1.29, 1.82) is 0 Å². The maximum Gasteiger partial charge on any atom is 0.261 e. The molecular weight excluding hydrogens is 398 g/mol. The minimum atomic E-state index is -3.84. The molecule has 1 aromatic heterocycles. The van der Waals surface area contributed by atoms with Crippen LogP contribution in [0.4, 0.5) is 0 Å². The molecule has 0 radical (unpaired) electrons. The second kappa shape index (κ2) is 6.77. The second-order valence-electron chi connectivity index (χ2n) is 6.68. The van der Waals surface area contributed by atoms with Gasteiger partial charge in [-0.15, -0.1) is 11.3 Å². The Bertz CT molecular complexity index is 1180. The van der Waals surface area contributed by atoms with Crippen LogP contribution in [0.25, 0.3) is 10.2 Å². The highest BCUT2D eigenvalue weighted by Crippen LogP contribution is 2.25. The van der Waals surface area contributed by atoms with Crippen molar-refractivity contribution in [2.24, 2.45) is 0 Å². The first-order chi connectivity index (χ1) is 13.3. The molecule has 1 aliphatic heterocycles. The number of benzene rings is 2. The fraction of sp³-hybridized carbons (Fsp3) is 0.211. The minimum Gasteiger partial charge on any atom is -0.277 e. The molecule has 0 bridgehead atoms. The van der Waals surface area contributed by atoms with Crippen molar-refractivity contribution in [2.75, 3.05) is 7.05 Å². The van der Waals surface area contributed by atoms with E-state index >= 15 is 0 Å². The fourth-order valence-electron chi connectivity index (χ4n) is 3.15. The summed E-state index contributed by atoms with van der Waals surface area (Å²) in [6.45, 7) is 1.76. The summed E-state index contributed by atoms with van der Waals surface area (Å²) in [6, 6.07) is 11.3. The molecule has 9 heteroatoms. The number of rotatable bonds is 5. The van der Waals surface area contributed by atoms with Crippen LogP contribution in [0.1, 0.15) is 32.6 Å². The standard InChI is InChI=1S/C19H17N3O4S2/c1-11(9-17-20-15-5-3-4-6-16(15)27-17)21-28(25,26)12-7-8-13-14(10-12)19(24)22(2)18(13)23/h3-8,10-11,21H,9H2,1-2H3. The average Bonchev–Trinajstić information content (AvgIpc) is 3.15. The van der Waals surface area contributed by atoms with Gasteiger partial charge in [-0.25, -0.2) is 18.1 Å². The summed E-state index contributed by atoms with van der Waals surface area (Å²) in [5, 5.41) is 0.841. The van der Waals surface area contributed by atoms with Gasteiger partial charge >= 0.3 is 0 Å². The Labute approximate surface area is 166 Å². The first kappa shape index (κ1) is 18.7. The van der Waals surface area contributed by atoms with E-state index in [1.54, 1.807) is 6.92 Å². The summed E-state index contributed by atoms with van der Waals surface area (Å²) < 4.78 is 29.2. The quantitative estimate of drug-likeness (QED) is 0.646. The van der Waals surface area contributed by atoms with E-state index in [2.05, 4.69) is 9.71 Å². The van der Waals surface area contributed by atoms with E-state index in [0.29, 0.717) is 6.42 Å². The zero-order valence-corrected chi connectivity index (χ0v) is 16.8. The van der Waals surface area contributed by atoms with Crippen molar-refractivity contribution in [3.05, 3.63) is 58.6 Å². The van der Waals surface area contributed by atoms with Gasteiger partial charge in [0.2, 0.25) is 10.0 Å². The van der Waals surface area contributed by atoms with E-state index in [1.165, 1.54) is 36.6 Å². The lowest BCUT2D eigenvalue weighted by molar-refractivity contribution is 0.0693. The lowest BCUT2D eigenvalue weighted by atomic mass is 10.1. The SMILES string of the molecule is CC(Cc1nc2ccccc2s1)NS(=O)(=O)c1ccc2c(c1)C(=O)N(C)C2=O. The van der Waals surface area contributed by atoms with E-state index in [-0.39, 0.29) is 22.1 Å². The van der Waals surface area contributed by atoms with Crippen LogP contribution in [-0.2, 0) is 16.4 Å². The van der Waals surface area contributed by atoms with Gasteiger partial charge in [-0.3, -0.25) is 14.5 Å². The summed E-state index contributed by atoms with van der Waals surface area (Å²) in [5.41, 5.74) is 1.21. The van der Waals surface area contributed by atoms with Gasteiger partial charge in [0.1, 0.15) is 0 Å². The topological polar surface area (TPSA) is 96.4 Å². The van der Waals surface area contributed by atoms with Gasteiger partial charge in [-0.2, -0.15) is 0 Å². The number of amides is 2. The Morgan fingerprint density at radius 3 is 2.57 bits per heavy atom. The molecule has 4 rings (SSSR count). The van der Waals surface area contributed by atoms with E-state index in [1.807, 2.05) is 24.3 Å². The summed E-state index contributed by atoms with van der Waals surface area (Å²) in [4.78, 5) is 29.5. The molecule has 0 aliphatic carbocycles. The molecule has 1 aliphatic rings. The van der Waals surface area contributed by atoms with Gasteiger partial charge in [0.15, 0.2) is 0 Å². The van der Waals surface area contributed by atoms with Crippen molar-refractivity contribution in [3.8, 4) is 0 Å². The van der Waals surface area contributed by atoms with Gasteiger partial charge in [-0.05, 0) is 37.3 Å². The molecule has 0 fully saturated rings. The predicted molar refractivity (Wildman–Crippen MR) is 106 cm³/mol. The Morgan fingerprint density at radius 2 is 1.82 bits per heavy atom. The number of nitrogens with zero attached hydrogens (tertiary/aromatic N) is 2. The maximum atomic E-state index is 12.7. The number of hydrogen-bond acceptors (Lipinski definition) is 6. The zero-order chi connectivity index (χ0) is 20.1. The molecule has 2 aromatic carbocycles. The van der Waals surface area contributed by atoms with Crippen LogP contribution in [0, 0.1) is 0 Å². The molecule has 2 amide bonds. The molecule has 2 heterocycles. The third-order valence-electron chi connectivity index (χ3n) is 4.55. The smallest absolute Gasteiger partial charge is 0.261 e. The molecule has 7 nitrogen and oxygen atoms in total. The van der Waals surface area contributed by atoms with E-state index in [4.69, 9.17) is 0 Å². The van der Waals surface area contributed by atoms with Crippen LogP contribution >= 0.6 is 11.3 Å². The number of para-hydroxylation sites is 1. The highest BCUT2D eigenvalue weighted by atomic mass is 32.2. The molecule has 0 spiro atoms. The lowest BCUT2D eigenvalue weighted by Gasteiger charge is -2.13. The largest absolute Gasteiger partial charge is 0.277 e. The first-order valence-corrected chi connectivity index (χ1v) is 10.9.